The van der Waals surface area contributed by atoms with Gasteiger partial charge < -0.3 is 5.32 Å². The third-order valence-corrected chi connectivity index (χ3v) is 5.20. The first-order chi connectivity index (χ1) is 10.1. The van der Waals surface area contributed by atoms with E-state index >= 15 is 0 Å². The standard InChI is InChI=1S/C15H18BrN3OS/c1-3-7-12-13(21-19-18-12)14(20)17-15(2,10-16)11-8-5-4-6-9-11/h4-6,8-9H,3,7,10H2,1-2H3,(H,17,20). The Bertz CT molecular complexity index is 602. The van der Waals surface area contributed by atoms with Crippen LogP contribution in [0.5, 0.6) is 0 Å². The van der Waals surface area contributed by atoms with Gasteiger partial charge in [0.05, 0.1) is 11.2 Å². The number of nitrogens with one attached hydrogen (secondary N) is 1. The van der Waals surface area contributed by atoms with Gasteiger partial charge in [-0.2, -0.15) is 0 Å². The maximum atomic E-state index is 12.5. The van der Waals surface area contributed by atoms with E-state index in [0.29, 0.717) is 10.2 Å². The summed E-state index contributed by atoms with van der Waals surface area (Å²) in [6, 6.07) is 9.93. The van der Waals surface area contributed by atoms with Gasteiger partial charge in [-0.05, 0) is 30.4 Å². The molecule has 1 aromatic carbocycles. The summed E-state index contributed by atoms with van der Waals surface area (Å²) in [5, 5.41) is 7.79. The topological polar surface area (TPSA) is 54.9 Å². The molecule has 0 bridgehead atoms. The highest BCUT2D eigenvalue weighted by molar-refractivity contribution is 9.09. The number of benzene rings is 1. The summed E-state index contributed by atoms with van der Waals surface area (Å²) in [5.74, 6) is -0.112. The highest BCUT2D eigenvalue weighted by Gasteiger charge is 2.29. The van der Waals surface area contributed by atoms with Crippen molar-refractivity contribution in [3.63, 3.8) is 0 Å². The number of alkyl halides is 1. The van der Waals surface area contributed by atoms with Gasteiger partial charge in [-0.15, -0.1) is 5.10 Å². The van der Waals surface area contributed by atoms with Crippen LogP contribution in [-0.4, -0.2) is 20.8 Å². The van der Waals surface area contributed by atoms with Crippen LogP contribution in [0, 0.1) is 0 Å². The van der Waals surface area contributed by atoms with Crippen molar-refractivity contribution >= 4 is 33.4 Å². The second-order valence-electron chi connectivity index (χ2n) is 5.08. The van der Waals surface area contributed by atoms with Gasteiger partial charge in [-0.3, -0.25) is 4.79 Å². The van der Waals surface area contributed by atoms with E-state index in [4.69, 9.17) is 0 Å². The Morgan fingerprint density at radius 1 is 1.38 bits per heavy atom. The Labute approximate surface area is 137 Å². The molecule has 1 atom stereocenters. The Balaban J connectivity index is 2.22. The van der Waals surface area contributed by atoms with E-state index in [0.717, 1.165) is 35.6 Å². The SMILES string of the molecule is CCCc1nnsc1C(=O)NC(C)(CBr)c1ccccc1. The lowest BCUT2D eigenvalue weighted by Crippen LogP contribution is -2.44. The number of nitrogens with zero attached hydrogens (tertiary/aromatic N) is 2. The summed E-state index contributed by atoms with van der Waals surface area (Å²) >= 11 is 4.66. The monoisotopic (exact) mass is 367 g/mol. The molecule has 0 radical (unpaired) electrons. The van der Waals surface area contributed by atoms with E-state index in [1.54, 1.807) is 0 Å². The molecule has 4 nitrogen and oxygen atoms in total. The zero-order chi connectivity index (χ0) is 15.3. The number of carbonyl (C=O) groups is 1. The van der Waals surface area contributed by atoms with E-state index in [1.165, 1.54) is 0 Å². The number of amides is 1. The van der Waals surface area contributed by atoms with Crippen LogP contribution in [0.1, 0.15) is 41.2 Å². The lowest BCUT2D eigenvalue weighted by molar-refractivity contribution is 0.0917. The van der Waals surface area contributed by atoms with Crippen molar-refractivity contribution in [1.29, 1.82) is 0 Å². The quantitative estimate of drug-likeness (QED) is 0.794. The van der Waals surface area contributed by atoms with Crippen LogP contribution >= 0.6 is 27.5 Å². The van der Waals surface area contributed by atoms with Crippen LogP contribution in [0.15, 0.2) is 30.3 Å². The predicted octanol–water partition coefficient (Wildman–Crippen LogP) is 3.53. The van der Waals surface area contributed by atoms with Gasteiger partial charge in [0.1, 0.15) is 4.88 Å². The minimum atomic E-state index is -0.466. The molecule has 1 amide bonds. The van der Waals surface area contributed by atoms with Crippen molar-refractivity contribution in [2.24, 2.45) is 0 Å². The second-order valence-corrected chi connectivity index (χ2v) is 6.40. The van der Waals surface area contributed by atoms with Gasteiger partial charge in [0, 0.05) is 5.33 Å². The first-order valence-corrected chi connectivity index (χ1v) is 8.75. The molecular weight excluding hydrogens is 350 g/mol. The molecule has 0 saturated carbocycles. The first kappa shape index (κ1) is 16.1. The maximum absolute atomic E-state index is 12.5. The fourth-order valence-corrected chi connectivity index (χ4v) is 3.14. The number of aromatic nitrogens is 2. The van der Waals surface area contributed by atoms with E-state index < -0.39 is 5.54 Å². The molecule has 2 rings (SSSR count). The number of hydrogen-bond acceptors (Lipinski definition) is 4. The normalized spacial score (nSPS) is 13.7. The third kappa shape index (κ3) is 3.68. The fraction of sp³-hybridized carbons (Fsp3) is 0.400. The molecule has 0 aliphatic carbocycles. The molecule has 1 heterocycles. The Hall–Kier alpha value is -1.27. The molecule has 0 aliphatic heterocycles. The number of rotatable bonds is 6. The first-order valence-electron chi connectivity index (χ1n) is 6.86. The van der Waals surface area contributed by atoms with Gasteiger partial charge >= 0.3 is 0 Å². The average molecular weight is 368 g/mol. The summed E-state index contributed by atoms with van der Waals surface area (Å²) in [4.78, 5) is 13.2. The molecule has 0 saturated heterocycles. The van der Waals surface area contributed by atoms with Crippen molar-refractivity contribution in [1.82, 2.24) is 14.9 Å². The van der Waals surface area contributed by atoms with Crippen LogP contribution < -0.4 is 5.32 Å². The lowest BCUT2D eigenvalue weighted by Gasteiger charge is -2.29. The molecule has 0 fully saturated rings. The highest BCUT2D eigenvalue weighted by atomic mass is 79.9. The molecule has 1 unspecified atom stereocenters. The predicted molar refractivity (Wildman–Crippen MR) is 89.0 cm³/mol. The highest BCUT2D eigenvalue weighted by Crippen LogP contribution is 2.24. The van der Waals surface area contributed by atoms with E-state index in [1.807, 2.05) is 37.3 Å². The van der Waals surface area contributed by atoms with Crippen molar-refractivity contribution in [2.75, 3.05) is 5.33 Å². The van der Waals surface area contributed by atoms with Crippen LogP contribution in [-0.2, 0) is 12.0 Å². The summed E-state index contributed by atoms with van der Waals surface area (Å²) < 4.78 is 3.91. The Kier molecular flexibility index (Phi) is 5.47. The van der Waals surface area contributed by atoms with Crippen LogP contribution in [0.2, 0.25) is 0 Å². The molecule has 0 aliphatic rings. The molecular formula is C15H18BrN3OS. The molecule has 0 spiro atoms. The molecule has 1 aromatic heterocycles. The second kappa shape index (κ2) is 7.13. The van der Waals surface area contributed by atoms with Gasteiger partial charge in [0.25, 0.3) is 5.91 Å². The summed E-state index contributed by atoms with van der Waals surface area (Å²) in [6.45, 7) is 4.07. The fourth-order valence-electron chi connectivity index (χ4n) is 2.08. The summed E-state index contributed by atoms with van der Waals surface area (Å²) in [6.07, 6.45) is 1.72. The summed E-state index contributed by atoms with van der Waals surface area (Å²) in [5.41, 5.74) is 1.38. The zero-order valence-electron chi connectivity index (χ0n) is 12.1. The molecule has 112 valence electrons. The van der Waals surface area contributed by atoms with E-state index in [2.05, 4.69) is 37.8 Å². The van der Waals surface area contributed by atoms with Crippen molar-refractivity contribution in [2.45, 2.75) is 32.2 Å². The summed E-state index contributed by atoms with van der Waals surface area (Å²) in [7, 11) is 0. The minimum Gasteiger partial charge on any atom is -0.341 e. The Morgan fingerprint density at radius 2 is 2.10 bits per heavy atom. The average Bonchev–Trinajstić information content (AvgIpc) is 2.97. The third-order valence-electron chi connectivity index (χ3n) is 3.32. The lowest BCUT2D eigenvalue weighted by atomic mass is 9.94. The smallest absolute Gasteiger partial charge is 0.265 e. The van der Waals surface area contributed by atoms with Crippen molar-refractivity contribution < 1.29 is 4.79 Å². The Morgan fingerprint density at radius 3 is 2.71 bits per heavy atom. The molecule has 1 N–H and O–H groups in total. The number of aryl methyl sites for hydroxylation is 1. The van der Waals surface area contributed by atoms with E-state index in [9.17, 15) is 4.79 Å². The van der Waals surface area contributed by atoms with Crippen LogP contribution in [0.4, 0.5) is 0 Å². The van der Waals surface area contributed by atoms with Crippen molar-refractivity contribution in [3.05, 3.63) is 46.5 Å². The number of halogens is 1. The largest absolute Gasteiger partial charge is 0.341 e. The minimum absolute atomic E-state index is 0.112. The van der Waals surface area contributed by atoms with Crippen molar-refractivity contribution in [3.8, 4) is 0 Å². The van der Waals surface area contributed by atoms with Gasteiger partial charge in [0.15, 0.2) is 0 Å². The van der Waals surface area contributed by atoms with E-state index in [-0.39, 0.29) is 5.91 Å². The van der Waals surface area contributed by atoms with Crippen LogP contribution in [0.3, 0.4) is 0 Å². The maximum Gasteiger partial charge on any atom is 0.265 e. The van der Waals surface area contributed by atoms with Gasteiger partial charge in [-0.1, -0.05) is 64.1 Å². The zero-order valence-corrected chi connectivity index (χ0v) is 14.5. The number of hydrogen-bond donors (Lipinski definition) is 1. The van der Waals surface area contributed by atoms with Gasteiger partial charge in [-0.25, -0.2) is 0 Å². The molecule has 21 heavy (non-hydrogen) atoms. The molecule has 6 heteroatoms. The molecule has 2 aromatic rings. The van der Waals surface area contributed by atoms with Gasteiger partial charge in [0.2, 0.25) is 0 Å². The number of carbonyl (C=O) groups excluding carboxylic acids is 1. The van der Waals surface area contributed by atoms with Crippen LogP contribution in [0.25, 0.3) is 0 Å².